The molecule has 1 saturated carbocycles. The van der Waals surface area contributed by atoms with Crippen molar-refractivity contribution in [2.24, 2.45) is 11.8 Å². The van der Waals surface area contributed by atoms with Crippen molar-refractivity contribution in [1.82, 2.24) is 9.97 Å². The van der Waals surface area contributed by atoms with Gasteiger partial charge in [-0.3, -0.25) is 4.79 Å². The maximum Gasteiger partial charge on any atom is 0.309 e. The summed E-state index contributed by atoms with van der Waals surface area (Å²) in [6.45, 7) is 10.6. The topological polar surface area (TPSA) is 90.1 Å². The number of rotatable bonds is 5. The Morgan fingerprint density at radius 2 is 1.96 bits per heavy atom. The predicted molar refractivity (Wildman–Crippen MR) is 112 cm³/mol. The molecule has 0 saturated heterocycles. The van der Waals surface area contributed by atoms with Crippen LogP contribution in [0.3, 0.4) is 0 Å². The average Bonchev–Trinajstić information content (AvgIpc) is 2.53. The Morgan fingerprint density at radius 3 is 2.64 bits per heavy atom. The Morgan fingerprint density at radius 1 is 1.25 bits per heavy atom. The molecule has 0 atom stereocenters. The molecule has 0 radical (unpaired) electrons. The molecular weight excluding hydrogens is 352 g/mol. The predicted octanol–water partition coefficient (Wildman–Crippen LogP) is 4.12. The fraction of sp³-hybridized carbons (Fsp3) is 0.500. The maximum absolute atomic E-state index is 12.1. The van der Waals surface area contributed by atoms with Gasteiger partial charge in [0.15, 0.2) is 0 Å². The van der Waals surface area contributed by atoms with Crippen LogP contribution in [-0.4, -0.2) is 28.1 Å². The molecule has 1 aromatic carbocycles. The normalized spacial score (nSPS) is 19.0. The first-order valence-electron chi connectivity index (χ1n) is 9.80. The zero-order valence-electron chi connectivity index (χ0n) is 17.4. The fourth-order valence-electron chi connectivity index (χ4n) is 3.45. The summed E-state index contributed by atoms with van der Waals surface area (Å²) in [5, 5.41) is 3.36. The minimum absolute atomic E-state index is 0.00648. The lowest BCUT2D eigenvalue weighted by molar-refractivity contribution is -0.164. The highest BCUT2D eigenvalue weighted by Gasteiger charge is 2.37. The van der Waals surface area contributed by atoms with E-state index in [9.17, 15) is 4.79 Å². The van der Waals surface area contributed by atoms with E-state index in [1.165, 1.54) is 11.1 Å². The third-order valence-electron chi connectivity index (χ3n) is 5.17. The Kier molecular flexibility index (Phi) is 5.59. The lowest BCUT2D eigenvalue weighted by atomic mass is 9.75. The van der Waals surface area contributed by atoms with Gasteiger partial charge in [0.05, 0.1) is 11.6 Å². The summed E-state index contributed by atoms with van der Waals surface area (Å²) < 4.78 is 5.46. The van der Waals surface area contributed by atoms with Gasteiger partial charge in [-0.2, -0.15) is 4.98 Å². The molecule has 150 valence electrons. The third kappa shape index (κ3) is 4.80. The second-order valence-electron chi connectivity index (χ2n) is 8.69. The summed E-state index contributed by atoms with van der Waals surface area (Å²) in [5.41, 5.74) is 9.79. The van der Waals surface area contributed by atoms with Gasteiger partial charge < -0.3 is 15.8 Å². The van der Waals surface area contributed by atoms with Crippen molar-refractivity contribution in [1.29, 1.82) is 0 Å². The van der Waals surface area contributed by atoms with Gasteiger partial charge in [0.25, 0.3) is 0 Å². The van der Waals surface area contributed by atoms with Crippen LogP contribution in [0.1, 0.15) is 44.7 Å². The molecule has 0 spiro atoms. The first-order chi connectivity index (χ1) is 13.1. The molecule has 3 N–H and O–H groups in total. The van der Waals surface area contributed by atoms with E-state index < -0.39 is 5.60 Å². The molecule has 0 bridgehead atoms. The molecule has 28 heavy (non-hydrogen) atoms. The molecule has 1 aliphatic carbocycles. The minimum Gasteiger partial charge on any atom is -0.460 e. The van der Waals surface area contributed by atoms with Crippen LogP contribution in [0.2, 0.25) is 0 Å². The molecule has 6 nitrogen and oxygen atoms in total. The number of ether oxygens (including phenoxy) is 1. The summed E-state index contributed by atoms with van der Waals surface area (Å²) in [5.74, 6) is 1.31. The number of hydrogen-bond donors (Lipinski definition) is 2. The zero-order valence-corrected chi connectivity index (χ0v) is 17.4. The molecule has 1 heterocycles. The molecule has 3 rings (SSSR count). The quantitative estimate of drug-likeness (QED) is 0.756. The van der Waals surface area contributed by atoms with Gasteiger partial charge in [0, 0.05) is 18.2 Å². The van der Waals surface area contributed by atoms with Crippen LogP contribution in [0.5, 0.6) is 0 Å². The summed E-state index contributed by atoms with van der Waals surface area (Å²) >= 11 is 0. The second-order valence-corrected chi connectivity index (χ2v) is 8.69. The number of hydrogen-bond acceptors (Lipinski definition) is 6. The number of nitrogen functional groups attached to an aromatic ring is 1. The van der Waals surface area contributed by atoms with Crippen LogP contribution in [0.4, 0.5) is 11.8 Å². The first kappa shape index (κ1) is 20.1. The maximum atomic E-state index is 12.1. The molecule has 0 aliphatic heterocycles. The van der Waals surface area contributed by atoms with Crippen molar-refractivity contribution in [3.63, 3.8) is 0 Å². The molecule has 2 aromatic rings. The number of nitrogens with zero attached hydrogens (tertiary/aromatic N) is 2. The van der Waals surface area contributed by atoms with Crippen molar-refractivity contribution in [3.8, 4) is 11.3 Å². The first-order valence-corrected chi connectivity index (χ1v) is 9.80. The van der Waals surface area contributed by atoms with Gasteiger partial charge in [-0.25, -0.2) is 4.98 Å². The van der Waals surface area contributed by atoms with Crippen LogP contribution in [0.25, 0.3) is 11.3 Å². The van der Waals surface area contributed by atoms with Crippen LogP contribution in [-0.2, 0) is 9.53 Å². The van der Waals surface area contributed by atoms with Gasteiger partial charge in [-0.1, -0.05) is 18.2 Å². The van der Waals surface area contributed by atoms with E-state index in [0.717, 1.165) is 30.6 Å². The lowest BCUT2D eigenvalue weighted by Crippen LogP contribution is -2.38. The molecule has 1 fully saturated rings. The SMILES string of the molecule is Cc1cccc(-c2cc(NCC3CC(C(=O)OC(C)(C)C)C3)nc(N)n2)c1C. The van der Waals surface area contributed by atoms with Gasteiger partial charge in [-0.15, -0.1) is 0 Å². The number of nitrogens with one attached hydrogen (secondary N) is 1. The Hall–Kier alpha value is -2.63. The van der Waals surface area contributed by atoms with Crippen LogP contribution < -0.4 is 11.1 Å². The summed E-state index contributed by atoms with van der Waals surface area (Å²) in [4.78, 5) is 20.8. The van der Waals surface area contributed by atoms with Crippen molar-refractivity contribution in [3.05, 3.63) is 35.4 Å². The monoisotopic (exact) mass is 382 g/mol. The Bertz CT molecular complexity index is 867. The van der Waals surface area contributed by atoms with Crippen LogP contribution in [0.15, 0.2) is 24.3 Å². The molecular formula is C22H30N4O2. The average molecular weight is 383 g/mol. The van der Waals surface area contributed by atoms with Gasteiger partial charge in [0.1, 0.15) is 11.4 Å². The van der Waals surface area contributed by atoms with E-state index >= 15 is 0 Å². The van der Waals surface area contributed by atoms with E-state index in [1.54, 1.807) is 0 Å². The molecule has 0 unspecified atom stereocenters. The van der Waals surface area contributed by atoms with Gasteiger partial charge in [-0.05, 0) is 64.5 Å². The van der Waals surface area contributed by atoms with Crippen LogP contribution >= 0.6 is 0 Å². The van der Waals surface area contributed by atoms with E-state index in [-0.39, 0.29) is 17.8 Å². The largest absolute Gasteiger partial charge is 0.460 e. The van der Waals surface area contributed by atoms with Gasteiger partial charge >= 0.3 is 5.97 Å². The number of carbonyl (C=O) groups excluding carboxylic acids is 1. The standard InChI is InChI=1S/C22H30N4O2/c1-13-7-6-8-17(14(13)2)18-11-19(26-21(23)25-18)24-12-15-9-16(10-15)20(27)28-22(3,4)5/h6-8,11,15-16H,9-10,12H2,1-5H3,(H3,23,24,25,26). The summed E-state index contributed by atoms with van der Waals surface area (Å²) in [7, 11) is 0. The Labute approximate surface area is 166 Å². The second kappa shape index (κ2) is 7.78. The third-order valence-corrected chi connectivity index (χ3v) is 5.17. The van der Waals surface area contributed by atoms with Crippen molar-refractivity contribution < 1.29 is 9.53 Å². The molecule has 0 amide bonds. The molecule has 1 aliphatic rings. The summed E-state index contributed by atoms with van der Waals surface area (Å²) in [6.07, 6.45) is 1.68. The minimum atomic E-state index is -0.427. The Balaban J connectivity index is 1.60. The highest BCUT2D eigenvalue weighted by Crippen LogP contribution is 2.36. The van der Waals surface area contributed by atoms with E-state index in [4.69, 9.17) is 10.5 Å². The highest BCUT2D eigenvalue weighted by molar-refractivity contribution is 5.74. The molecule has 6 heteroatoms. The van der Waals surface area contributed by atoms with E-state index in [0.29, 0.717) is 11.7 Å². The number of benzene rings is 1. The smallest absolute Gasteiger partial charge is 0.309 e. The van der Waals surface area contributed by atoms with Crippen molar-refractivity contribution in [2.75, 3.05) is 17.6 Å². The van der Waals surface area contributed by atoms with Gasteiger partial charge in [0.2, 0.25) is 5.95 Å². The lowest BCUT2D eigenvalue weighted by Gasteiger charge is -2.35. The highest BCUT2D eigenvalue weighted by atomic mass is 16.6. The molecule has 1 aromatic heterocycles. The number of aromatic nitrogens is 2. The van der Waals surface area contributed by atoms with E-state index in [1.807, 2.05) is 39.0 Å². The van der Waals surface area contributed by atoms with E-state index in [2.05, 4.69) is 35.2 Å². The number of anilines is 2. The number of carbonyl (C=O) groups is 1. The van der Waals surface area contributed by atoms with Crippen molar-refractivity contribution >= 4 is 17.7 Å². The number of esters is 1. The number of nitrogens with two attached hydrogens (primary N) is 1. The van der Waals surface area contributed by atoms with Crippen LogP contribution in [0, 0.1) is 25.7 Å². The number of aryl methyl sites for hydroxylation is 1. The zero-order chi connectivity index (χ0) is 20.5. The summed E-state index contributed by atoms with van der Waals surface area (Å²) in [6, 6.07) is 8.09. The van der Waals surface area contributed by atoms with Crippen molar-refractivity contribution in [2.45, 2.75) is 53.1 Å². The fourth-order valence-corrected chi connectivity index (χ4v) is 3.45.